The quantitative estimate of drug-likeness (QED) is 0.703. The van der Waals surface area contributed by atoms with E-state index in [0.29, 0.717) is 0 Å². The number of rotatable bonds is 1. The molecule has 80 valence electrons. The van der Waals surface area contributed by atoms with Gasteiger partial charge >= 0.3 is 5.97 Å². The Morgan fingerprint density at radius 2 is 1.87 bits per heavy atom. The van der Waals surface area contributed by atoms with Gasteiger partial charge < -0.3 is 4.84 Å². The summed E-state index contributed by atoms with van der Waals surface area (Å²) in [7, 11) is 1.80. The van der Waals surface area contributed by atoms with Crippen molar-refractivity contribution in [2.45, 2.75) is 19.9 Å². The Balaban J connectivity index is 2.41. The zero-order valence-corrected chi connectivity index (χ0v) is 9.23. The summed E-state index contributed by atoms with van der Waals surface area (Å²) in [5.41, 5.74) is 0.617. The number of carbonyl (C=O) groups excluding carboxylic acids is 1. The summed E-state index contributed by atoms with van der Waals surface area (Å²) in [5.74, 6) is -0.168. The third-order valence-electron chi connectivity index (χ3n) is 2.92. The second-order valence-corrected chi connectivity index (χ2v) is 4.46. The average molecular weight is 205 g/mol. The maximum absolute atomic E-state index is 11.6. The molecule has 1 aliphatic rings. The highest BCUT2D eigenvalue weighted by atomic mass is 16.7. The number of benzene rings is 1. The Morgan fingerprint density at radius 3 is 2.33 bits per heavy atom. The van der Waals surface area contributed by atoms with Crippen molar-refractivity contribution < 1.29 is 9.63 Å². The second-order valence-electron chi connectivity index (χ2n) is 4.46. The molecule has 0 radical (unpaired) electrons. The second kappa shape index (κ2) is 3.35. The van der Waals surface area contributed by atoms with Crippen LogP contribution in [0.4, 0.5) is 0 Å². The fourth-order valence-corrected chi connectivity index (χ4v) is 2.13. The molecule has 15 heavy (non-hydrogen) atoms. The predicted molar refractivity (Wildman–Crippen MR) is 56.8 cm³/mol. The Morgan fingerprint density at radius 1 is 1.27 bits per heavy atom. The van der Waals surface area contributed by atoms with E-state index < -0.39 is 5.41 Å². The van der Waals surface area contributed by atoms with Gasteiger partial charge in [0.05, 0.1) is 11.5 Å². The maximum Gasteiger partial charge on any atom is 0.332 e. The van der Waals surface area contributed by atoms with E-state index in [1.807, 2.05) is 44.2 Å². The smallest absolute Gasteiger partial charge is 0.332 e. The zero-order chi connectivity index (χ0) is 11.1. The van der Waals surface area contributed by atoms with Crippen LogP contribution in [0.1, 0.15) is 25.5 Å². The molecule has 2 rings (SSSR count). The zero-order valence-electron chi connectivity index (χ0n) is 9.23. The minimum absolute atomic E-state index is 0.00815. The molecule has 1 aromatic carbocycles. The molecule has 0 bridgehead atoms. The van der Waals surface area contributed by atoms with Crippen LogP contribution in [0.5, 0.6) is 0 Å². The van der Waals surface area contributed by atoms with Crippen LogP contribution in [-0.4, -0.2) is 18.1 Å². The van der Waals surface area contributed by atoms with Crippen LogP contribution >= 0.6 is 0 Å². The monoisotopic (exact) mass is 205 g/mol. The van der Waals surface area contributed by atoms with Gasteiger partial charge in [-0.1, -0.05) is 30.3 Å². The van der Waals surface area contributed by atoms with E-state index in [1.165, 1.54) is 0 Å². The van der Waals surface area contributed by atoms with E-state index in [0.717, 1.165) is 5.56 Å². The van der Waals surface area contributed by atoms with E-state index in [4.69, 9.17) is 4.84 Å². The van der Waals surface area contributed by atoms with E-state index in [-0.39, 0.29) is 12.0 Å². The number of carbonyl (C=O) groups is 1. The molecular weight excluding hydrogens is 190 g/mol. The SMILES string of the molecule is CN1OC(=O)C(C)(C)C1c1ccccc1. The molecular formula is C12H15NO2. The Labute approximate surface area is 89.6 Å². The fraction of sp³-hybridized carbons (Fsp3) is 0.417. The molecule has 1 unspecified atom stereocenters. The van der Waals surface area contributed by atoms with Crippen molar-refractivity contribution in [3.05, 3.63) is 35.9 Å². The normalized spacial score (nSPS) is 25.3. The van der Waals surface area contributed by atoms with Gasteiger partial charge in [-0.2, -0.15) is 0 Å². The molecule has 0 aromatic heterocycles. The van der Waals surface area contributed by atoms with Crippen LogP contribution in [0.2, 0.25) is 0 Å². The molecule has 1 atom stereocenters. The molecule has 1 saturated heterocycles. The van der Waals surface area contributed by atoms with Crippen molar-refractivity contribution in [3.8, 4) is 0 Å². The van der Waals surface area contributed by atoms with Crippen LogP contribution in [0.3, 0.4) is 0 Å². The number of hydrogen-bond donors (Lipinski definition) is 0. The Bertz CT molecular complexity index is 372. The van der Waals surface area contributed by atoms with Gasteiger partial charge in [-0.15, -0.1) is 5.06 Å². The highest BCUT2D eigenvalue weighted by Gasteiger charge is 2.49. The Hall–Kier alpha value is -1.35. The first-order chi connectivity index (χ1) is 7.03. The lowest BCUT2D eigenvalue weighted by atomic mass is 9.81. The number of hydroxylamine groups is 2. The van der Waals surface area contributed by atoms with Gasteiger partial charge in [-0.05, 0) is 19.4 Å². The maximum atomic E-state index is 11.6. The highest BCUT2D eigenvalue weighted by Crippen LogP contribution is 2.43. The predicted octanol–water partition coefficient (Wildman–Crippen LogP) is 2.16. The van der Waals surface area contributed by atoms with Crippen molar-refractivity contribution >= 4 is 5.97 Å². The summed E-state index contributed by atoms with van der Waals surface area (Å²) in [6.07, 6.45) is 0. The lowest BCUT2D eigenvalue weighted by Crippen LogP contribution is -2.27. The van der Waals surface area contributed by atoms with Crippen molar-refractivity contribution in [2.24, 2.45) is 5.41 Å². The van der Waals surface area contributed by atoms with Crippen molar-refractivity contribution in [1.29, 1.82) is 0 Å². The first kappa shape index (κ1) is 10.2. The molecule has 3 heteroatoms. The van der Waals surface area contributed by atoms with Gasteiger partial charge in [0.15, 0.2) is 0 Å². The minimum atomic E-state index is -0.490. The summed E-state index contributed by atoms with van der Waals surface area (Å²) >= 11 is 0. The van der Waals surface area contributed by atoms with Gasteiger partial charge in [-0.3, -0.25) is 0 Å². The van der Waals surface area contributed by atoms with Crippen LogP contribution in [-0.2, 0) is 9.63 Å². The third kappa shape index (κ3) is 1.53. The molecule has 0 saturated carbocycles. The molecule has 0 amide bonds. The molecule has 0 aliphatic carbocycles. The lowest BCUT2D eigenvalue weighted by molar-refractivity contribution is -0.170. The topological polar surface area (TPSA) is 29.5 Å². The molecule has 1 aromatic rings. The molecule has 3 nitrogen and oxygen atoms in total. The minimum Gasteiger partial charge on any atom is -0.367 e. The van der Waals surface area contributed by atoms with E-state index in [9.17, 15) is 4.79 Å². The summed E-state index contributed by atoms with van der Waals surface area (Å²) in [6, 6.07) is 9.94. The van der Waals surface area contributed by atoms with Gasteiger partial charge in [-0.25, -0.2) is 4.79 Å². The van der Waals surface area contributed by atoms with Crippen molar-refractivity contribution in [1.82, 2.24) is 5.06 Å². The third-order valence-corrected chi connectivity index (χ3v) is 2.92. The molecule has 0 spiro atoms. The highest BCUT2D eigenvalue weighted by molar-refractivity contribution is 5.78. The average Bonchev–Trinajstić information content (AvgIpc) is 2.37. The number of hydrogen-bond acceptors (Lipinski definition) is 3. The van der Waals surface area contributed by atoms with Crippen LogP contribution < -0.4 is 0 Å². The number of nitrogens with zero attached hydrogens (tertiary/aromatic N) is 1. The van der Waals surface area contributed by atoms with E-state index in [2.05, 4.69) is 0 Å². The lowest BCUT2D eigenvalue weighted by Gasteiger charge is -2.24. The summed E-state index contributed by atoms with van der Waals surface area (Å²) in [6.45, 7) is 3.83. The van der Waals surface area contributed by atoms with Gasteiger partial charge in [0, 0.05) is 7.05 Å². The van der Waals surface area contributed by atoms with Gasteiger partial charge in [0.2, 0.25) is 0 Å². The Kier molecular flexibility index (Phi) is 2.27. The fourth-order valence-electron chi connectivity index (χ4n) is 2.13. The van der Waals surface area contributed by atoms with Gasteiger partial charge in [0.1, 0.15) is 0 Å². The first-order valence-corrected chi connectivity index (χ1v) is 5.03. The van der Waals surface area contributed by atoms with E-state index >= 15 is 0 Å². The molecule has 1 fully saturated rings. The summed E-state index contributed by atoms with van der Waals surface area (Å²) in [5, 5.41) is 1.64. The summed E-state index contributed by atoms with van der Waals surface area (Å²) < 4.78 is 0. The van der Waals surface area contributed by atoms with Crippen LogP contribution in [0.25, 0.3) is 0 Å². The van der Waals surface area contributed by atoms with Gasteiger partial charge in [0.25, 0.3) is 0 Å². The first-order valence-electron chi connectivity index (χ1n) is 5.03. The molecule has 1 heterocycles. The molecule has 1 aliphatic heterocycles. The molecule has 0 N–H and O–H groups in total. The largest absolute Gasteiger partial charge is 0.367 e. The standard InChI is InChI=1S/C12H15NO2/c1-12(2)10(13(3)15-11(12)14)9-7-5-4-6-8-9/h4-8,10H,1-3H3. The van der Waals surface area contributed by atoms with Crippen molar-refractivity contribution in [2.75, 3.05) is 7.05 Å². The van der Waals surface area contributed by atoms with Crippen LogP contribution in [0, 0.1) is 5.41 Å². The van der Waals surface area contributed by atoms with Crippen molar-refractivity contribution in [3.63, 3.8) is 0 Å². The van der Waals surface area contributed by atoms with E-state index in [1.54, 1.807) is 12.1 Å². The summed E-state index contributed by atoms with van der Waals surface area (Å²) in [4.78, 5) is 16.8. The van der Waals surface area contributed by atoms with Crippen LogP contribution in [0.15, 0.2) is 30.3 Å².